The van der Waals surface area contributed by atoms with Crippen molar-refractivity contribution in [3.8, 4) is 22.6 Å². The lowest BCUT2D eigenvalue weighted by molar-refractivity contribution is 0.112. The second-order valence-electron chi connectivity index (χ2n) is 4.42. The van der Waals surface area contributed by atoms with E-state index >= 15 is 0 Å². The molecule has 2 nitrogen and oxygen atoms in total. The quantitative estimate of drug-likeness (QED) is 0.580. The SMILES string of the molecule is O=Cc1cc(Oc2ccc(-c3ccccc3)cc2Cl)cs1. The molecule has 0 fully saturated rings. The van der Waals surface area contributed by atoms with Crippen LogP contribution in [0, 0.1) is 0 Å². The molecule has 0 saturated heterocycles. The van der Waals surface area contributed by atoms with Crippen molar-refractivity contribution in [3.63, 3.8) is 0 Å². The first-order valence-corrected chi connectivity index (χ1v) is 7.58. The molecule has 0 atom stereocenters. The smallest absolute Gasteiger partial charge is 0.160 e. The molecular formula is C17H11ClO2S. The van der Waals surface area contributed by atoms with Crippen LogP contribution in [0.1, 0.15) is 9.67 Å². The number of hydrogen-bond acceptors (Lipinski definition) is 3. The van der Waals surface area contributed by atoms with Gasteiger partial charge in [0.25, 0.3) is 0 Å². The minimum Gasteiger partial charge on any atom is -0.455 e. The Bertz CT molecular complexity index is 765. The summed E-state index contributed by atoms with van der Waals surface area (Å²) in [6, 6.07) is 17.4. The van der Waals surface area contributed by atoms with Crippen LogP contribution in [0.25, 0.3) is 11.1 Å². The normalized spacial score (nSPS) is 10.3. The fraction of sp³-hybridized carbons (Fsp3) is 0. The zero-order chi connectivity index (χ0) is 14.7. The summed E-state index contributed by atoms with van der Waals surface area (Å²) < 4.78 is 5.70. The molecule has 2 aromatic carbocycles. The van der Waals surface area contributed by atoms with Crippen LogP contribution >= 0.6 is 22.9 Å². The summed E-state index contributed by atoms with van der Waals surface area (Å²) in [4.78, 5) is 11.3. The Morgan fingerprint density at radius 3 is 2.48 bits per heavy atom. The van der Waals surface area contributed by atoms with E-state index in [-0.39, 0.29) is 0 Å². The van der Waals surface area contributed by atoms with E-state index in [9.17, 15) is 4.79 Å². The zero-order valence-electron chi connectivity index (χ0n) is 11.0. The number of rotatable bonds is 4. The highest BCUT2D eigenvalue weighted by Crippen LogP contribution is 2.34. The molecule has 0 N–H and O–H groups in total. The van der Waals surface area contributed by atoms with Crippen molar-refractivity contribution in [2.45, 2.75) is 0 Å². The van der Waals surface area contributed by atoms with Crippen molar-refractivity contribution in [3.05, 3.63) is 69.9 Å². The second kappa shape index (κ2) is 6.12. The Morgan fingerprint density at radius 2 is 1.81 bits per heavy atom. The average Bonchev–Trinajstić information content (AvgIpc) is 2.98. The molecule has 0 amide bonds. The number of benzene rings is 2. The maximum atomic E-state index is 10.7. The molecule has 0 bridgehead atoms. The standard InChI is InChI=1S/C17H11ClO2S/c18-16-8-13(12-4-2-1-3-5-12)6-7-17(16)20-14-9-15(10-19)21-11-14/h1-11H. The lowest BCUT2D eigenvalue weighted by atomic mass is 10.1. The number of aldehydes is 1. The summed E-state index contributed by atoms with van der Waals surface area (Å²) in [7, 11) is 0. The van der Waals surface area contributed by atoms with Gasteiger partial charge in [-0.2, -0.15) is 0 Å². The van der Waals surface area contributed by atoms with Gasteiger partial charge >= 0.3 is 0 Å². The van der Waals surface area contributed by atoms with Crippen molar-refractivity contribution < 1.29 is 9.53 Å². The van der Waals surface area contributed by atoms with E-state index in [0.29, 0.717) is 21.4 Å². The van der Waals surface area contributed by atoms with Gasteiger partial charge in [0.05, 0.1) is 9.90 Å². The summed E-state index contributed by atoms with van der Waals surface area (Å²) in [5.41, 5.74) is 2.14. The number of halogens is 1. The van der Waals surface area contributed by atoms with E-state index in [1.54, 1.807) is 11.4 Å². The average molecular weight is 315 g/mol. The van der Waals surface area contributed by atoms with Crippen LogP contribution < -0.4 is 4.74 Å². The highest BCUT2D eigenvalue weighted by Gasteiger charge is 2.07. The van der Waals surface area contributed by atoms with Crippen molar-refractivity contribution in [2.75, 3.05) is 0 Å². The number of carbonyl (C=O) groups is 1. The Balaban J connectivity index is 1.86. The third-order valence-electron chi connectivity index (χ3n) is 2.98. The summed E-state index contributed by atoms with van der Waals surface area (Å²) in [6.07, 6.45) is 0.803. The monoisotopic (exact) mass is 314 g/mol. The van der Waals surface area contributed by atoms with Crippen LogP contribution in [0.15, 0.2) is 60.0 Å². The third-order valence-corrected chi connectivity index (χ3v) is 4.11. The number of hydrogen-bond donors (Lipinski definition) is 0. The van der Waals surface area contributed by atoms with E-state index in [0.717, 1.165) is 17.4 Å². The lowest BCUT2D eigenvalue weighted by Crippen LogP contribution is -1.85. The first-order valence-electron chi connectivity index (χ1n) is 6.33. The Labute approximate surface area is 131 Å². The van der Waals surface area contributed by atoms with Crippen LogP contribution in [0.3, 0.4) is 0 Å². The first kappa shape index (κ1) is 13.9. The molecule has 0 unspecified atom stereocenters. The molecule has 104 valence electrons. The molecule has 4 heteroatoms. The molecule has 0 saturated carbocycles. The maximum absolute atomic E-state index is 10.7. The predicted molar refractivity (Wildman–Crippen MR) is 86.7 cm³/mol. The molecule has 3 aromatic rings. The summed E-state index contributed by atoms with van der Waals surface area (Å²) in [5.74, 6) is 1.20. The van der Waals surface area contributed by atoms with Gasteiger partial charge in [0.1, 0.15) is 11.5 Å². The van der Waals surface area contributed by atoms with Crippen LogP contribution in [0.2, 0.25) is 5.02 Å². The molecule has 0 aliphatic rings. The Kier molecular flexibility index (Phi) is 4.04. The van der Waals surface area contributed by atoms with Crippen molar-refractivity contribution in [1.29, 1.82) is 0 Å². The minimum atomic E-state index is 0.537. The van der Waals surface area contributed by atoms with Gasteiger partial charge in [-0.1, -0.05) is 48.0 Å². The lowest BCUT2D eigenvalue weighted by Gasteiger charge is -2.08. The topological polar surface area (TPSA) is 26.3 Å². The van der Waals surface area contributed by atoms with Gasteiger partial charge in [-0.3, -0.25) is 4.79 Å². The van der Waals surface area contributed by atoms with Gasteiger partial charge in [0, 0.05) is 11.4 Å². The van der Waals surface area contributed by atoms with E-state index < -0.39 is 0 Å². The van der Waals surface area contributed by atoms with E-state index in [2.05, 4.69) is 0 Å². The number of thiophene rings is 1. The van der Waals surface area contributed by atoms with Crippen molar-refractivity contribution in [1.82, 2.24) is 0 Å². The van der Waals surface area contributed by atoms with Gasteiger partial charge < -0.3 is 4.74 Å². The largest absolute Gasteiger partial charge is 0.455 e. The number of carbonyl (C=O) groups excluding carboxylic acids is 1. The molecule has 0 radical (unpaired) electrons. The number of ether oxygens (including phenoxy) is 1. The molecular weight excluding hydrogens is 304 g/mol. The van der Waals surface area contributed by atoms with Gasteiger partial charge in [-0.05, 0) is 23.3 Å². The highest BCUT2D eigenvalue weighted by atomic mass is 35.5. The molecule has 21 heavy (non-hydrogen) atoms. The van der Waals surface area contributed by atoms with Crippen LogP contribution in [-0.4, -0.2) is 6.29 Å². The molecule has 1 aromatic heterocycles. The molecule has 0 aliphatic carbocycles. The summed E-state index contributed by atoms with van der Waals surface area (Å²) >= 11 is 7.62. The maximum Gasteiger partial charge on any atom is 0.160 e. The van der Waals surface area contributed by atoms with Crippen LogP contribution in [0.4, 0.5) is 0 Å². The van der Waals surface area contributed by atoms with Gasteiger partial charge in [0.2, 0.25) is 0 Å². The summed E-state index contributed by atoms with van der Waals surface area (Å²) in [6.45, 7) is 0. The second-order valence-corrected chi connectivity index (χ2v) is 5.77. The third kappa shape index (κ3) is 3.15. The zero-order valence-corrected chi connectivity index (χ0v) is 12.5. The van der Waals surface area contributed by atoms with Gasteiger partial charge in [-0.15, -0.1) is 11.3 Å². The molecule has 1 heterocycles. The van der Waals surface area contributed by atoms with E-state index in [4.69, 9.17) is 16.3 Å². The van der Waals surface area contributed by atoms with E-state index in [1.807, 2.05) is 48.5 Å². The fourth-order valence-electron chi connectivity index (χ4n) is 1.97. The Hall–Kier alpha value is -2.10. The molecule has 0 spiro atoms. The first-order chi connectivity index (χ1) is 10.3. The highest BCUT2D eigenvalue weighted by molar-refractivity contribution is 7.11. The van der Waals surface area contributed by atoms with E-state index in [1.165, 1.54) is 11.3 Å². The van der Waals surface area contributed by atoms with Gasteiger partial charge in [0.15, 0.2) is 6.29 Å². The minimum absolute atomic E-state index is 0.537. The molecule has 3 rings (SSSR count). The van der Waals surface area contributed by atoms with Crippen LogP contribution in [0.5, 0.6) is 11.5 Å². The van der Waals surface area contributed by atoms with Crippen LogP contribution in [-0.2, 0) is 0 Å². The molecule has 0 aliphatic heterocycles. The Morgan fingerprint density at radius 1 is 1.00 bits per heavy atom. The van der Waals surface area contributed by atoms with Gasteiger partial charge in [-0.25, -0.2) is 0 Å². The fourth-order valence-corrected chi connectivity index (χ4v) is 2.80. The summed E-state index contributed by atoms with van der Waals surface area (Å²) in [5, 5.41) is 2.32. The van der Waals surface area contributed by atoms with Crippen molar-refractivity contribution >= 4 is 29.2 Å². The predicted octanol–water partition coefficient (Wildman–Crippen LogP) is 5.67. The van der Waals surface area contributed by atoms with Crippen molar-refractivity contribution in [2.24, 2.45) is 0 Å².